The van der Waals surface area contributed by atoms with Crippen LogP contribution in [0.4, 0.5) is 0 Å². The SMILES string of the molecule is CCNCC(C)C(C)c1ccc(Sc2ccccc2)cc1. The van der Waals surface area contributed by atoms with E-state index in [9.17, 15) is 0 Å². The molecule has 0 radical (unpaired) electrons. The highest BCUT2D eigenvalue weighted by molar-refractivity contribution is 7.99. The minimum atomic E-state index is 0.583. The Labute approximate surface area is 133 Å². The molecule has 21 heavy (non-hydrogen) atoms. The molecule has 0 fully saturated rings. The molecule has 2 aromatic carbocycles. The standard InChI is InChI=1S/C19H25NS/c1-4-20-14-15(2)16(3)17-10-12-19(13-11-17)21-18-8-6-5-7-9-18/h5-13,15-16,20H,4,14H2,1-3H3. The van der Waals surface area contributed by atoms with Gasteiger partial charge in [-0.15, -0.1) is 0 Å². The van der Waals surface area contributed by atoms with Gasteiger partial charge in [-0.05, 0) is 54.8 Å². The number of hydrogen-bond acceptors (Lipinski definition) is 2. The second-order valence-electron chi connectivity index (χ2n) is 5.56. The van der Waals surface area contributed by atoms with Gasteiger partial charge < -0.3 is 5.32 Å². The number of benzene rings is 2. The molecule has 2 unspecified atom stereocenters. The van der Waals surface area contributed by atoms with Gasteiger partial charge >= 0.3 is 0 Å². The van der Waals surface area contributed by atoms with Gasteiger partial charge in [-0.25, -0.2) is 0 Å². The molecule has 0 aliphatic carbocycles. The fourth-order valence-electron chi connectivity index (χ4n) is 2.34. The summed E-state index contributed by atoms with van der Waals surface area (Å²) in [4.78, 5) is 2.59. The van der Waals surface area contributed by atoms with Crippen molar-refractivity contribution in [3.63, 3.8) is 0 Å². The summed E-state index contributed by atoms with van der Waals surface area (Å²) in [6.07, 6.45) is 0. The maximum absolute atomic E-state index is 3.44. The van der Waals surface area contributed by atoms with Crippen molar-refractivity contribution in [1.29, 1.82) is 0 Å². The predicted molar refractivity (Wildman–Crippen MR) is 93.1 cm³/mol. The molecule has 0 heterocycles. The third kappa shape index (κ3) is 4.90. The summed E-state index contributed by atoms with van der Waals surface area (Å²) in [7, 11) is 0. The van der Waals surface area contributed by atoms with Crippen molar-refractivity contribution < 1.29 is 0 Å². The zero-order chi connectivity index (χ0) is 15.1. The summed E-state index contributed by atoms with van der Waals surface area (Å²) in [6, 6.07) is 19.6. The topological polar surface area (TPSA) is 12.0 Å². The van der Waals surface area contributed by atoms with E-state index in [0.29, 0.717) is 11.8 Å². The lowest BCUT2D eigenvalue weighted by Crippen LogP contribution is -2.24. The summed E-state index contributed by atoms with van der Waals surface area (Å²) in [5, 5.41) is 3.44. The highest BCUT2D eigenvalue weighted by Crippen LogP contribution is 2.30. The first-order valence-corrected chi connectivity index (χ1v) is 8.56. The summed E-state index contributed by atoms with van der Waals surface area (Å²) >= 11 is 1.82. The van der Waals surface area contributed by atoms with Crippen LogP contribution in [0.25, 0.3) is 0 Å². The average molecular weight is 299 g/mol. The first-order chi connectivity index (χ1) is 10.2. The third-order valence-electron chi connectivity index (χ3n) is 3.95. The van der Waals surface area contributed by atoms with E-state index in [4.69, 9.17) is 0 Å². The Morgan fingerprint density at radius 3 is 2.14 bits per heavy atom. The van der Waals surface area contributed by atoms with Gasteiger partial charge in [0.2, 0.25) is 0 Å². The first kappa shape index (κ1) is 16.1. The number of nitrogens with one attached hydrogen (secondary N) is 1. The second-order valence-corrected chi connectivity index (χ2v) is 6.70. The Morgan fingerprint density at radius 2 is 1.52 bits per heavy atom. The maximum atomic E-state index is 3.44. The number of rotatable bonds is 7. The normalized spacial score (nSPS) is 13.9. The van der Waals surface area contributed by atoms with Crippen molar-refractivity contribution in [1.82, 2.24) is 5.32 Å². The molecule has 0 aliphatic heterocycles. The van der Waals surface area contributed by atoms with Crippen LogP contribution in [-0.4, -0.2) is 13.1 Å². The van der Waals surface area contributed by atoms with Crippen LogP contribution in [0.2, 0.25) is 0 Å². The molecule has 2 aromatic rings. The molecule has 0 amide bonds. The molecule has 2 atom stereocenters. The van der Waals surface area contributed by atoms with E-state index in [2.05, 4.69) is 80.7 Å². The van der Waals surface area contributed by atoms with Crippen LogP contribution < -0.4 is 5.32 Å². The molecule has 0 aromatic heterocycles. The molecule has 0 aliphatic rings. The fraction of sp³-hybridized carbons (Fsp3) is 0.368. The molecule has 0 saturated carbocycles. The molecule has 112 valence electrons. The van der Waals surface area contributed by atoms with Crippen molar-refractivity contribution in [2.75, 3.05) is 13.1 Å². The lowest BCUT2D eigenvalue weighted by atomic mass is 9.89. The Kier molecular flexibility index (Phi) is 6.34. The van der Waals surface area contributed by atoms with E-state index in [0.717, 1.165) is 13.1 Å². The van der Waals surface area contributed by atoms with Crippen LogP contribution >= 0.6 is 11.8 Å². The van der Waals surface area contributed by atoms with E-state index in [1.54, 1.807) is 0 Å². The Balaban J connectivity index is 1.98. The minimum Gasteiger partial charge on any atom is -0.317 e. The van der Waals surface area contributed by atoms with Gasteiger partial charge in [0.1, 0.15) is 0 Å². The quantitative estimate of drug-likeness (QED) is 0.755. The van der Waals surface area contributed by atoms with Crippen molar-refractivity contribution in [3.8, 4) is 0 Å². The zero-order valence-corrected chi connectivity index (χ0v) is 14.0. The molecule has 2 rings (SSSR count). The molecule has 0 spiro atoms. The highest BCUT2D eigenvalue weighted by Gasteiger charge is 2.13. The zero-order valence-electron chi connectivity index (χ0n) is 13.2. The molecule has 0 bridgehead atoms. The summed E-state index contributed by atoms with van der Waals surface area (Å²) in [6.45, 7) is 8.93. The molecule has 2 heteroatoms. The van der Waals surface area contributed by atoms with Crippen LogP contribution in [0.1, 0.15) is 32.3 Å². The largest absolute Gasteiger partial charge is 0.317 e. The monoisotopic (exact) mass is 299 g/mol. The minimum absolute atomic E-state index is 0.583. The van der Waals surface area contributed by atoms with Crippen LogP contribution in [-0.2, 0) is 0 Å². The summed E-state index contributed by atoms with van der Waals surface area (Å²) in [5.41, 5.74) is 1.43. The van der Waals surface area contributed by atoms with E-state index in [1.165, 1.54) is 15.4 Å². The van der Waals surface area contributed by atoms with Crippen molar-refractivity contribution in [2.24, 2.45) is 5.92 Å². The number of hydrogen-bond donors (Lipinski definition) is 1. The molecule has 1 nitrogen and oxygen atoms in total. The highest BCUT2D eigenvalue weighted by atomic mass is 32.2. The van der Waals surface area contributed by atoms with Gasteiger partial charge in [0, 0.05) is 9.79 Å². The average Bonchev–Trinajstić information content (AvgIpc) is 2.53. The first-order valence-electron chi connectivity index (χ1n) is 7.74. The fourth-order valence-corrected chi connectivity index (χ4v) is 3.18. The Morgan fingerprint density at radius 1 is 0.905 bits per heavy atom. The van der Waals surface area contributed by atoms with Crippen LogP contribution in [0.15, 0.2) is 64.4 Å². The third-order valence-corrected chi connectivity index (χ3v) is 4.97. The van der Waals surface area contributed by atoms with Gasteiger partial charge in [0.15, 0.2) is 0 Å². The predicted octanol–water partition coefficient (Wildman–Crippen LogP) is 5.19. The molecular formula is C19H25NS. The summed E-state index contributed by atoms with van der Waals surface area (Å²) < 4.78 is 0. The van der Waals surface area contributed by atoms with Crippen molar-refractivity contribution in [2.45, 2.75) is 36.5 Å². The van der Waals surface area contributed by atoms with Crippen molar-refractivity contribution >= 4 is 11.8 Å². The second kappa shape index (κ2) is 8.26. The molecule has 0 saturated heterocycles. The van der Waals surface area contributed by atoms with Gasteiger partial charge in [-0.3, -0.25) is 0 Å². The van der Waals surface area contributed by atoms with E-state index >= 15 is 0 Å². The van der Waals surface area contributed by atoms with E-state index in [-0.39, 0.29) is 0 Å². The van der Waals surface area contributed by atoms with E-state index < -0.39 is 0 Å². The lowest BCUT2D eigenvalue weighted by Gasteiger charge is -2.20. The molecular weight excluding hydrogens is 274 g/mol. The van der Waals surface area contributed by atoms with Crippen LogP contribution in [0, 0.1) is 5.92 Å². The lowest BCUT2D eigenvalue weighted by molar-refractivity contribution is 0.454. The van der Waals surface area contributed by atoms with E-state index in [1.807, 2.05) is 11.8 Å². The summed E-state index contributed by atoms with van der Waals surface area (Å²) in [5.74, 6) is 1.23. The van der Waals surface area contributed by atoms with Gasteiger partial charge in [-0.2, -0.15) is 0 Å². The maximum Gasteiger partial charge on any atom is 0.0122 e. The molecule has 1 N–H and O–H groups in total. The van der Waals surface area contributed by atoms with Crippen LogP contribution in [0.3, 0.4) is 0 Å². The van der Waals surface area contributed by atoms with Crippen molar-refractivity contribution in [3.05, 3.63) is 60.2 Å². The van der Waals surface area contributed by atoms with Gasteiger partial charge in [-0.1, -0.05) is 62.9 Å². The van der Waals surface area contributed by atoms with Crippen LogP contribution in [0.5, 0.6) is 0 Å². The smallest absolute Gasteiger partial charge is 0.0122 e. The Hall–Kier alpha value is -1.25. The Bertz CT molecular complexity index is 521. The van der Waals surface area contributed by atoms with Gasteiger partial charge in [0.25, 0.3) is 0 Å². The van der Waals surface area contributed by atoms with Gasteiger partial charge in [0.05, 0.1) is 0 Å².